The van der Waals surface area contributed by atoms with Crippen LogP contribution in [-0.2, 0) is 19.5 Å². The minimum Gasteiger partial charge on any atom is -0.424 e. The van der Waals surface area contributed by atoms with Gasteiger partial charge in [-0.05, 0) is 41.3 Å². The summed E-state index contributed by atoms with van der Waals surface area (Å²) in [6.45, 7) is 3.23. The second kappa shape index (κ2) is 8.84. The maximum atomic E-state index is 6.28. The highest BCUT2D eigenvalue weighted by atomic mass is 32.2. The van der Waals surface area contributed by atoms with Crippen molar-refractivity contribution in [3.05, 3.63) is 59.4 Å². The van der Waals surface area contributed by atoms with Crippen molar-refractivity contribution in [1.29, 1.82) is 0 Å². The molecule has 0 unspecified atom stereocenters. The number of fused-ring (bicyclic) bond motifs is 3. The van der Waals surface area contributed by atoms with Crippen molar-refractivity contribution < 1.29 is 4.42 Å². The Kier molecular flexibility index (Phi) is 5.51. The summed E-state index contributed by atoms with van der Waals surface area (Å²) in [4.78, 5) is 13.0. The smallest absolute Gasteiger partial charge is 0.292 e. The van der Waals surface area contributed by atoms with Gasteiger partial charge in [-0.15, -0.1) is 0 Å². The topological polar surface area (TPSA) is 151 Å². The van der Waals surface area contributed by atoms with Crippen molar-refractivity contribution in [2.75, 3.05) is 30.3 Å². The Labute approximate surface area is 205 Å². The number of nitrogens with two attached hydrogens (primary N) is 3. The van der Waals surface area contributed by atoms with E-state index in [1.54, 1.807) is 0 Å². The highest BCUT2D eigenvalue weighted by molar-refractivity contribution is 7.97. The van der Waals surface area contributed by atoms with Gasteiger partial charge in [0, 0.05) is 31.0 Å². The van der Waals surface area contributed by atoms with Gasteiger partial charge in [-0.3, -0.25) is 0 Å². The maximum absolute atomic E-state index is 6.28. The maximum Gasteiger partial charge on any atom is 0.292 e. The second-order valence-corrected chi connectivity index (χ2v) is 9.72. The van der Waals surface area contributed by atoms with E-state index in [0.717, 1.165) is 30.8 Å². The molecule has 1 aliphatic heterocycles. The molecule has 0 aliphatic carbocycles. The number of anilines is 2. The van der Waals surface area contributed by atoms with Gasteiger partial charge in [0.05, 0.1) is 11.9 Å². The third kappa shape index (κ3) is 4.07. The normalized spacial score (nSPS) is 14.1. The number of nitrogen functional groups attached to an aromatic ring is 2. The Morgan fingerprint density at radius 3 is 2.86 bits per heavy atom. The quantitative estimate of drug-likeness (QED) is 0.305. The van der Waals surface area contributed by atoms with Crippen LogP contribution in [0.25, 0.3) is 33.4 Å². The molecule has 0 saturated carbocycles. The van der Waals surface area contributed by atoms with Crippen molar-refractivity contribution in [3.63, 3.8) is 0 Å². The molecule has 0 bridgehead atoms. The Balaban J connectivity index is 1.35. The number of hydrogen-bond donors (Lipinski definition) is 3. The number of hydrogen-bond acceptors (Lipinski definition) is 10. The monoisotopic (exact) mass is 487 g/mol. The summed E-state index contributed by atoms with van der Waals surface area (Å²) in [6.07, 6.45) is 2.49. The number of oxazole rings is 1. The van der Waals surface area contributed by atoms with E-state index in [1.165, 1.54) is 23.0 Å². The molecule has 0 atom stereocenters. The lowest BCUT2D eigenvalue weighted by Gasteiger charge is -2.28. The summed E-state index contributed by atoms with van der Waals surface area (Å²) in [6, 6.07) is 12.4. The molecule has 4 heterocycles. The molecular weight excluding hydrogens is 462 g/mol. The second-order valence-electron chi connectivity index (χ2n) is 8.54. The minimum atomic E-state index is 0.129. The largest absolute Gasteiger partial charge is 0.424 e. The van der Waals surface area contributed by atoms with Crippen LogP contribution in [-0.4, -0.2) is 47.9 Å². The van der Waals surface area contributed by atoms with Crippen LogP contribution in [0.2, 0.25) is 0 Å². The minimum absolute atomic E-state index is 0.129. The van der Waals surface area contributed by atoms with Gasteiger partial charge in [0.25, 0.3) is 6.01 Å². The fraction of sp³-hybridized carbons (Fsp3) is 0.250. The Bertz CT molecular complexity index is 1540. The summed E-state index contributed by atoms with van der Waals surface area (Å²) < 4.78 is 9.68. The number of aromatic nitrogens is 5. The third-order valence-corrected chi connectivity index (χ3v) is 7.30. The average Bonchev–Trinajstić information content (AvgIpc) is 3.42. The molecule has 0 amide bonds. The van der Waals surface area contributed by atoms with Crippen LogP contribution in [0.1, 0.15) is 16.7 Å². The van der Waals surface area contributed by atoms with E-state index in [9.17, 15) is 0 Å². The van der Waals surface area contributed by atoms with E-state index in [1.807, 2.05) is 34.8 Å². The summed E-state index contributed by atoms with van der Waals surface area (Å²) in [7, 11) is 0. The predicted octanol–water partition coefficient (Wildman–Crippen LogP) is 2.81. The van der Waals surface area contributed by atoms with Crippen LogP contribution >= 0.6 is 11.9 Å². The molecule has 6 N–H and O–H groups in total. The van der Waals surface area contributed by atoms with Crippen LogP contribution in [0.15, 0.2) is 47.1 Å². The zero-order valence-electron chi connectivity index (χ0n) is 19.0. The first-order valence-corrected chi connectivity index (χ1v) is 12.4. The van der Waals surface area contributed by atoms with Gasteiger partial charge in [0.2, 0.25) is 0 Å². The molecule has 6 rings (SSSR count). The SMILES string of the molecule is NCCSN1CCc2cc(Cn3nc(-c4ccc5oc(N)nc5c4)c4c(N)ncnc43)ccc2C1. The van der Waals surface area contributed by atoms with Crippen molar-refractivity contribution >= 4 is 45.9 Å². The van der Waals surface area contributed by atoms with E-state index < -0.39 is 0 Å². The first-order valence-electron chi connectivity index (χ1n) is 11.4. The summed E-state index contributed by atoms with van der Waals surface area (Å²) in [5.74, 6) is 1.33. The van der Waals surface area contributed by atoms with Gasteiger partial charge in [0.15, 0.2) is 11.2 Å². The molecule has 0 spiro atoms. The molecule has 10 nitrogen and oxygen atoms in total. The lowest BCUT2D eigenvalue weighted by molar-refractivity contribution is 0.444. The Morgan fingerprint density at radius 2 is 1.97 bits per heavy atom. The van der Waals surface area contributed by atoms with E-state index in [0.29, 0.717) is 46.7 Å². The fourth-order valence-corrected chi connectivity index (χ4v) is 5.39. The lowest BCUT2D eigenvalue weighted by Crippen LogP contribution is -2.26. The van der Waals surface area contributed by atoms with Crippen molar-refractivity contribution in [2.24, 2.45) is 5.73 Å². The van der Waals surface area contributed by atoms with Crippen molar-refractivity contribution in [1.82, 2.24) is 29.0 Å². The first-order chi connectivity index (χ1) is 17.1. The molecular formula is C24H25N9OS. The predicted molar refractivity (Wildman–Crippen MR) is 138 cm³/mol. The van der Waals surface area contributed by atoms with Gasteiger partial charge in [-0.25, -0.2) is 19.0 Å². The van der Waals surface area contributed by atoms with Crippen LogP contribution in [0, 0.1) is 0 Å². The van der Waals surface area contributed by atoms with E-state index >= 15 is 0 Å². The average molecular weight is 488 g/mol. The number of nitrogens with zero attached hydrogens (tertiary/aromatic N) is 6. The van der Waals surface area contributed by atoms with Gasteiger partial charge >= 0.3 is 0 Å². The standard InChI is InChI=1S/C24H25N9OS/c25-6-8-35-32-7-5-15-9-14(1-2-17(15)12-32)11-33-23-20(22(26)28-13-29-23)21(31-33)16-3-4-19-18(10-16)30-24(27)34-19/h1-4,9-10,13H,5-8,11-12,25H2,(H2,27,30)(H2,26,28,29). The Morgan fingerprint density at radius 1 is 1.06 bits per heavy atom. The van der Waals surface area contributed by atoms with Crippen molar-refractivity contribution in [3.8, 4) is 11.3 Å². The molecule has 11 heteroatoms. The number of benzene rings is 2. The lowest BCUT2D eigenvalue weighted by atomic mass is 9.98. The third-order valence-electron chi connectivity index (χ3n) is 6.21. The molecule has 5 aromatic rings. The molecule has 0 radical (unpaired) electrons. The van der Waals surface area contributed by atoms with E-state index in [-0.39, 0.29) is 6.01 Å². The summed E-state index contributed by atoms with van der Waals surface area (Å²) >= 11 is 1.82. The highest BCUT2D eigenvalue weighted by Gasteiger charge is 2.20. The van der Waals surface area contributed by atoms with E-state index in [2.05, 4.69) is 37.5 Å². The van der Waals surface area contributed by atoms with Gasteiger partial charge in [0.1, 0.15) is 23.4 Å². The fourth-order valence-electron chi connectivity index (χ4n) is 4.58. The van der Waals surface area contributed by atoms with Gasteiger partial charge in [-0.2, -0.15) is 10.1 Å². The molecule has 35 heavy (non-hydrogen) atoms. The van der Waals surface area contributed by atoms with Crippen LogP contribution < -0.4 is 17.2 Å². The van der Waals surface area contributed by atoms with Gasteiger partial charge in [-0.1, -0.05) is 30.1 Å². The summed E-state index contributed by atoms with van der Waals surface area (Å²) in [5.41, 5.74) is 25.1. The molecule has 2 aromatic carbocycles. The molecule has 0 fully saturated rings. The highest BCUT2D eigenvalue weighted by Crippen LogP contribution is 2.33. The molecule has 1 aliphatic rings. The number of rotatable bonds is 6. The molecule has 3 aromatic heterocycles. The van der Waals surface area contributed by atoms with Crippen LogP contribution in [0.3, 0.4) is 0 Å². The molecule has 178 valence electrons. The van der Waals surface area contributed by atoms with E-state index in [4.69, 9.17) is 26.7 Å². The molecule has 0 saturated heterocycles. The van der Waals surface area contributed by atoms with Gasteiger partial charge < -0.3 is 21.6 Å². The summed E-state index contributed by atoms with van der Waals surface area (Å²) in [5, 5.41) is 5.62. The van der Waals surface area contributed by atoms with Crippen LogP contribution in [0.4, 0.5) is 11.8 Å². The Hall–Kier alpha value is -3.67. The zero-order valence-corrected chi connectivity index (χ0v) is 19.8. The van der Waals surface area contributed by atoms with Crippen LogP contribution in [0.5, 0.6) is 0 Å². The first kappa shape index (κ1) is 21.8. The van der Waals surface area contributed by atoms with Crippen molar-refractivity contribution in [2.45, 2.75) is 19.5 Å². The zero-order chi connectivity index (χ0) is 23.9.